The van der Waals surface area contributed by atoms with Crippen LogP contribution >= 0.6 is 22.9 Å². The number of carbonyl (C=O) groups is 1. The Morgan fingerprint density at radius 1 is 1.20 bits per heavy atom. The topological polar surface area (TPSA) is 69.7 Å². The fraction of sp³-hybridized carbons (Fsp3) is 0.182. The van der Waals surface area contributed by atoms with Crippen LogP contribution in [0.15, 0.2) is 47.9 Å². The first-order valence-corrected chi connectivity index (χ1v) is 10.3. The van der Waals surface area contributed by atoms with Crippen LogP contribution in [0.2, 0.25) is 5.02 Å². The Kier molecular flexibility index (Phi) is 7.32. The lowest BCUT2D eigenvalue weighted by atomic mass is 10.2. The van der Waals surface area contributed by atoms with E-state index in [1.807, 2.05) is 36.6 Å². The van der Waals surface area contributed by atoms with E-state index in [-0.39, 0.29) is 5.91 Å². The zero-order chi connectivity index (χ0) is 21.5. The monoisotopic (exact) mass is 444 g/mol. The van der Waals surface area contributed by atoms with Crippen molar-refractivity contribution in [3.63, 3.8) is 0 Å². The third-order valence-corrected chi connectivity index (χ3v) is 5.19. The molecule has 0 radical (unpaired) electrons. The molecule has 1 amide bonds. The molecular formula is C22H21ClN2O4S. The Hall–Kier alpha value is -3.03. The molecular weight excluding hydrogens is 424 g/mol. The maximum Gasteiger partial charge on any atom is 0.248 e. The fourth-order valence-corrected chi connectivity index (χ4v) is 3.47. The van der Waals surface area contributed by atoms with Gasteiger partial charge in [0.05, 0.1) is 35.6 Å². The van der Waals surface area contributed by atoms with E-state index in [2.05, 4.69) is 10.3 Å². The number of ether oxygens (including phenoxy) is 3. The summed E-state index contributed by atoms with van der Waals surface area (Å²) in [6, 6.07) is 10.7. The number of methoxy groups -OCH3 is 2. The number of aryl methyl sites for hydroxylation is 1. The van der Waals surface area contributed by atoms with Crippen molar-refractivity contribution in [3.8, 4) is 17.2 Å². The van der Waals surface area contributed by atoms with Crippen molar-refractivity contribution in [2.45, 2.75) is 13.5 Å². The van der Waals surface area contributed by atoms with E-state index in [4.69, 9.17) is 25.8 Å². The minimum absolute atomic E-state index is 0.318. The molecule has 8 heteroatoms. The molecule has 0 aliphatic rings. The van der Waals surface area contributed by atoms with Crippen molar-refractivity contribution in [2.24, 2.45) is 0 Å². The van der Waals surface area contributed by atoms with Crippen molar-refractivity contribution in [2.75, 3.05) is 19.5 Å². The van der Waals surface area contributed by atoms with Gasteiger partial charge in [-0.15, -0.1) is 11.3 Å². The number of halogens is 1. The molecule has 3 aromatic rings. The Bertz CT molecular complexity index is 1070. The Balaban J connectivity index is 1.65. The number of amides is 1. The van der Waals surface area contributed by atoms with Crippen LogP contribution < -0.4 is 19.5 Å². The van der Waals surface area contributed by atoms with Crippen LogP contribution in [0.5, 0.6) is 17.2 Å². The number of anilines is 1. The summed E-state index contributed by atoms with van der Waals surface area (Å²) >= 11 is 7.68. The molecule has 0 saturated carbocycles. The van der Waals surface area contributed by atoms with E-state index >= 15 is 0 Å². The fourth-order valence-electron chi connectivity index (χ4n) is 2.64. The zero-order valence-corrected chi connectivity index (χ0v) is 18.3. The van der Waals surface area contributed by atoms with E-state index < -0.39 is 0 Å². The average Bonchev–Trinajstić information content (AvgIpc) is 3.17. The molecule has 30 heavy (non-hydrogen) atoms. The van der Waals surface area contributed by atoms with Crippen molar-refractivity contribution < 1.29 is 19.0 Å². The maximum absolute atomic E-state index is 12.4. The summed E-state index contributed by atoms with van der Waals surface area (Å²) in [6.45, 7) is 2.36. The van der Waals surface area contributed by atoms with Crippen molar-refractivity contribution >= 4 is 40.6 Å². The van der Waals surface area contributed by atoms with Crippen LogP contribution in [-0.2, 0) is 11.4 Å². The van der Waals surface area contributed by atoms with E-state index in [0.717, 1.165) is 16.3 Å². The van der Waals surface area contributed by atoms with Gasteiger partial charge in [-0.25, -0.2) is 4.98 Å². The molecule has 0 fully saturated rings. The van der Waals surface area contributed by atoms with Gasteiger partial charge in [-0.2, -0.15) is 0 Å². The average molecular weight is 445 g/mol. The number of carbonyl (C=O) groups excluding carboxylic acids is 1. The first-order chi connectivity index (χ1) is 14.5. The third-order valence-electron chi connectivity index (χ3n) is 4.07. The standard InChI is InChI=1S/C22H21ClN2O4S/c1-14-24-16(13-30-14)12-29-17-6-4-5-15(9-17)7-8-22(26)25-19-11-20(27-2)18(23)10-21(19)28-3/h4-11,13H,12H2,1-3H3,(H,25,26)/b8-7-. The predicted molar refractivity (Wildman–Crippen MR) is 120 cm³/mol. The van der Waals surface area contributed by atoms with Gasteiger partial charge in [0.25, 0.3) is 0 Å². The molecule has 0 aliphatic carbocycles. The summed E-state index contributed by atoms with van der Waals surface area (Å²) in [4.78, 5) is 16.7. The van der Waals surface area contributed by atoms with Gasteiger partial charge in [-0.05, 0) is 30.7 Å². The number of aromatic nitrogens is 1. The summed E-state index contributed by atoms with van der Waals surface area (Å²) in [6.07, 6.45) is 3.14. The number of nitrogens with one attached hydrogen (secondary N) is 1. The summed E-state index contributed by atoms with van der Waals surface area (Å²) in [7, 11) is 3.01. The maximum atomic E-state index is 12.4. The normalized spacial score (nSPS) is 10.8. The van der Waals surface area contributed by atoms with Crippen molar-refractivity contribution in [3.05, 3.63) is 69.1 Å². The van der Waals surface area contributed by atoms with Gasteiger partial charge >= 0.3 is 0 Å². The lowest BCUT2D eigenvalue weighted by Gasteiger charge is -2.12. The Labute approximate surface area is 184 Å². The molecule has 3 rings (SSSR count). The van der Waals surface area contributed by atoms with Gasteiger partial charge in [0.15, 0.2) is 0 Å². The number of hydrogen-bond donors (Lipinski definition) is 1. The predicted octanol–water partition coefficient (Wildman–Crippen LogP) is 5.35. The Morgan fingerprint density at radius 2 is 2.00 bits per heavy atom. The summed E-state index contributed by atoms with van der Waals surface area (Å²) in [5, 5.41) is 6.15. The van der Waals surface area contributed by atoms with E-state index in [1.54, 1.807) is 29.5 Å². The van der Waals surface area contributed by atoms with Crippen LogP contribution in [0.3, 0.4) is 0 Å². The molecule has 0 saturated heterocycles. The van der Waals surface area contributed by atoms with E-state index in [0.29, 0.717) is 34.6 Å². The van der Waals surface area contributed by atoms with Gasteiger partial charge in [0.1, 0.15) is 23.9 Å². The quantitative estimate of drug-likeness (QED) is 0.474. The largest absolute Gasteiger partial charge is 0.495 e. The number of benzene rings is 2. The zero-order valence-electron chi connectivity index (χ0n) is 16.8. The molecule has 0 spiro atoms. The lowest BCUT2D eigenvalue weighted by Crippen LogP contribution is -2.09. The molecule has 1 N–H and O–H groups in total. The SMILES string of the molecule is COc1cc(NC(=O)/C=C\c2cccc(OCc3csc(C)n3)c2)c(OC)cc1Cl. The molecule has 0 bridgehead atoms. The molecule has 0 unspecified atom stereocenters. The van der Waals surface area contributed by atoms with E-state index in [1.165, 1.54) is 20.3 Å². The molecule has 0 aliphatic heterocycles. The van der Waals surface area contributed by atoms with Crippen LogP contribution in [-0.4, -0.2) is 25.1 Å². The first kappa shape index (κ1) is 21.7. The van der Waals surface area contributed by atoms with Gasteiger partial charge < -0.3 is 19.5 Å². The van der Waals surface area contributed by atoms with Crippen molar-refractivity contribution in [1.82, 2.24) is 4.98 Å². The third kappa shape index (κ3) is 5.75. The lowest BCUT2D eigenvalue weighted by molar-refractivity contribution is -0.111. The highest BCUT2D eigenvalue weighted by Crippen LogP contribution is 2.35. The highest BCUT2D eigenvalue weighted by atomic mass is 35.5. The smallest absolute Gasteiger partial charge is 0.248 e. The Morgan fingerprint density at radius 3 is 2.70 bits per heavy atom. The van der Waals surface area contributed by atoms with Crippen LogP contribution in [0.1, 0.15) is 16.3 Å². The molecule has 1 aromatic heterocycles. The van der Waals surface area contributed by atoms with Gasteiger partial charge in [0.2, 0.25) is 5.91 Å². The minimum atomic E-state index is -0.318. The number of nitrogens with zero attached hydrogens (tertiary/aromatic N) is 1. The summed E-state index contributed by atoms with van der Waals surface area (Å²) < 4.78 is 16.2. The first-order valence-electron chi connectivity index (χ1n) is 9.03. The second-order valence-corrected chi connectivity index (χ2v) is 7.70. The molecule has 1 heterocycles. The minimum Gasteiger partial charge on any atom is -0.495 e. The van der Waals surface area contributed by atoms with Gasteiger partial charge in [-0.3, -0.25) is 4.79 Å². The number of hydrogen-bond acceptors (Lipinski definition) is 6. The van der Waals surface area contributed by atoms with Crippen LogP contribution in [0.4, 0.5) is 5.69 Å². The second kappa shape index (κ2) is 10.1. The van der Waals surface area contributed by atoms with Gasteiger partial charge in [-0.1, -0.05) is 23.7 Å². The summed E-state index contributed by atoms with van der Waals surface area (Å²) in [5.41, 5.74) is 2.19. The van der Waals surface area contributed by atoms with Crippen molar-refractivity contribution in [1.29, 1.82) is 0 Å². The highest BCUT2D eigenvalue weighted by Gasteiger charge is 2.11. The van der Waals surface area contributed by atoms with E-state index in [9.17, 15) is 4.79 Å². The second-order valence-electron chi connectivity index (χ2n) is 6.23. The molecule has 156 valence electrons. The van der Waals surface area contributed by atoms with Gasteiger partial charge in [0, 0.05) is 23.6 Å². The molecule has 0 atom stereocenters. The molecule has 2 aromatic carbocycles. The summed E-state index contributed by atoms with van der Waals surface area (Å²) in [5.74, 6) is 1.27. The highest BCUT2D eigenvalue weighted by molar-refractivity contribution is 7.09. The number of thiazole rings is 1. The van der Waals surface area contributed by atoms with Crippen LogP contribution in [0.25, 0.3) is 6.08 Å². The number of rotatable bonds is 8. The van der Waals surface area contributed by atoms with Crippen LogP contribution in [0, 0.1) is 6.92 Å². The molecule has 6 nitrogen and oxygen atoms in total.